The van der Waals surface area contributed by atoms with Gasteiger partial charge in [-0.25, -0.2) is 9.18 Å². The van der Waals surface area contributed by atoms with Crippen LogP contribution in [0.4, 0.5) is 14.9 Å². The lowest BCUT2D eigenvalue weighted by molar-refractivity contribution is 0.0257. The van der Waals surface area contributed by atoms with Crippen LogP contribution in [0.3, 0.4) is 0 Å². The van der Waals surface area contributed by atoms with E-state index in [-0.39, 0.29) is 13.0 Å². The van der Waals surface area contributed by atoms with E-state index >= 15 is 0 Å². The standard InChI is InChI=1S/C15H21FN2O2/c1-14(2,3)20-13(19)18-8-7-15(16,10-18)11-5-4-6-12(17)9-11/h4-6,9H,7-8,10,17H2,1-3H3. The molecule has 4 nitrogen and oxygen atoms in total. The van der Waals surface area contributed by atoms with Crippen LogP contribution in [0.25, 0.3) is 0 Å². The van der Waals surface area contributed by atoms with Crippen molar-refractivity contribution < 1.29 is 13.9 Å². The number of rotatable bonds is 1. The van der Waals surface area contributed by atoms with Gasteiger partial charge in [0.15, 0.2) is 5.67 Å². The summed E-state index contributed by atoms with van der Waals surface area (Å²) in [5.74, 6) is 0. The molecule has 0 spiro atoms. The number of alkyl halides is 1. The second-order valence-electron chi connectivity index (χ2n) is 6.24. The fourth-order valence-corrected chi connectivity index (χ4v) is 2.31. The van der Waals surface area contributed by atoms with E-state index in [2.05, 4.69) is 0 Å². The highest BCUT2D eigenvalue weighted by Gasteiger charge is 2.43. The van der Waals surface area contributed by atoms with Crippen molar-refractivity contribution in [2.45, 2.75) is 38.5 Å². The molecular formula is C15H21FN2O2. The first kappa shape index (κ1) is 14.6. The van der Waals surface area contributed by atoms with Crippen LogP contribution in [0.5, 0.6) is 0 Å². The number of hydrogen-bond donors (Lipinski definition) is 1. The summed E-state index contributed by atoms with van der Waals surface area (Å²) in [6.07, 6.45) is -0.212. The Morgan fingerprint density at radius 3 is 2.75 bits per heavy atom. The minimum Gasteiger partial charge on any atom is -0.444 e. The van der Waals surface area contributed by atoms with Crippen LogP contribution in [-0.4, -0.2) is 29.7 Å². The van der Waals surface area contributed by atoms with Gasteiger partial charge in [0.05, 0.1) is 6.54 Å². The van der Waals surface area contributed by atoms with Gasteiger partial charge in [-0.15, -0.1) is 0 Å². The third kappa shape index (κ3) is 3.21. The van der Waals surface area contributed by atoms with Crippen molar-refractivity contribution in [3.8, 4) is 0 Å². The van der Waals surface area contributed by atoms with Gasteiger partial charge >= 0.3 is 6.09 Å². The first-order valence-corrected chi connectivity index (χ1v) is 6.72. The van der Waals surface area contributed by atoms with Crippen molar-refractivity contribution in [2.75, 3.05) is 18.8 Å². The van der Waals surface area contributed by atoms with E-state index in [0.717, 1.165) is 0 Å². The lowest BCUT2D eigenvalue weighted by Gasteiger charge is -2.25. The maximum atomic E-state index is 15.0. The molecule has 110 valence electrons. The van der Waals surface area contributed by atoms with E-state index in [1.165, 1.54) is 4.90 Å². The Bertz CT molecular complexity index is 513. The smallest absolute Gasteiger partial charge is 0.410 e. The lowest BCUT2D eigenvalue weighted by atomic mass is 9.94. The molecule has 1 fully saturated rings. The van der Waals surface area contributed by atoms with Crippen LogP contribution in [0.1, 0.15) is 32.8 Å². The molecule has 0 bridgehead atoms. The lowest BCUT2D eigenvalue weighted by Crippen LogP contribution is -2.37. The Hall–Kier alpha value is -1.78. The molecule has 1 aromatic carbocycles. The molecule has 1 atom stereocenters. The van der Waals surface area contributed by atoms with Crippen LogP contribution in [-0.2, 0) is 10.4 Å². The van der Waals surface area contributed by atoms with Gasteiger partial charge in [-0.1, -0.05) is 12.1 Å². The van der Waals surface area contributed by atoms with Crippen molar-refractivity contribution in [1.82, 2.24) is 4.90 Å². The number of benzene rings is 1. The van der Waals surface area contributed by atoms with E-state index in [9.17, 15) is 9.18 Å². The molecular weight excluding hydrogens is 259 g/mol. The van der Waals surface area contributed by atoms with E-state index < -0.39 is 17.4 Å². The number of nitrogen functional groups attached to an aromatic ring is 1. The SMILES string of the molecule is CC(C)(C)OC(=O)N1CCC(F)(c2cccc(N)c2)C1. The third-order valence-electron chi connectivity index (χ3n) is 3.28. The highest BCUT2D eigenvalue weighted by molar-refractivity contribution is 5.69. The molecule has 0 aromatic heterocycles. The monoisotopic (exact) mass is 280 g/mol. The molecule has 1 aromatic rings. The van der Waals surface area contributed by atoms with Gasteiger partial charge in [-0.3, -0.25) is 0 Å². The second kappa shape index (κ2) is 4.96. The van der Waals surface area contributed by atoms with Crippen LogP contribution in [0, 0.1) is 0 Å². The van der Waals surface area contributed by atoms with Gasteiger partial charge < -0.3 is 15.4 Å². The third-order valence-corrected chi connectivity index (χ3v) is 3.28. The number of hydrogen-bond acceptors (Lipinski definition) is 3. The molecule has 1 saturated heterocycles. The fraction of sp³-hybridized carbons (Fsp3) is 0.533. The number of likely N-dealkylation sites (tertiary alicyclic amines) is 1. The van der Waals surface area contributed by atoms with Crippen molar-refractivity contribution in [3.05, 3.63) is 29.8 Å². The first-order chi connectivity index (χ1) is 9.20. The number of ether oxygens (including phenoxy) is 1. The molecule has 20 heavy (non-hydrogen) atoms. The summed E-state index contributed by atoms with van der Waals surface area (Å²) in [5.41, 5.74) is 4.61. The summed E-state index contributed by atoms with van der Waals surface area (Å²) in [7, 11) is 0. The Kier molecular flexibility index (Phi) is 3.63. The molecule has 1 unspecified atom stereocenters. The maximum Gasteiger partial charge on any atom is 0.410 e. The summed E-state index contributed by atoms with van der Waals surface area (Å²) in [4.78, 5) is 13.4. The normalized spacial score (nSPS) is 22.9. The summed E-state index contributed by atoms with van der Waals surface area (Å²) in [6.45, 7) is 5.73. The van der Waals surface area contributed by atoms with Gasteiger partial charge in [-0.2, -0.15) is 0 Å². The van der Waals surface area contributed by atoms with Crippen molar-refractivity contribution in [1.29, 1.82) is 0 Å². The van der Waals surface area contributed by atoms with E-state index in [0.29, 0.717) is 17.8 Å². The van der Waals surface area contributed by atoms with E-state index in [4.69, 9.17) is 10.5 Å². The van der Waals surface area contributed by atoms with Gasteiger partial charge in [-0.05, 0) is 38.5 Å². The average Bonchev–Trinajstić information content (AvgIpc) is 2.71. The number of amides is 1. The second-order valence-corrected chi connectivity index (χ2v) is 6.24. The van der Waals surface area contributed by atoms with Crippen molar-refractivity contribution in [3.63, 3.8) is 0 Å². The molecule has 0 radical (unpaired) electrons. The zero-order valence-corrected chi connectivity index (χ0v) is 12.1. The van der Waals surface area contributed by atoms with Crippen LogP contribution in [0.15, 0.2) is 24.3 Å². The molecule has 5 heteroatoms. The fourth-order valence-electron chi connectivity index (χ4n) is 2.31. The Morgan fingerprint density at radius 1 is 1.45 bits per heavy atom. The van der Waals surface area contributed by atoms with Crippen LogP contribution in [0.2, 0.25) is 0 Å². The quantitative estimate of drug-likeness (QED) is 0.804. The predicted molar refractivity (Wildman–Crippen MR) is 76.1 cm³/mol. The minimum absolute atomic E-state index is 0.00532. The zero-order chi connectivity index (χ0) is 15.0. The number of carbonyl (C=O) groups excluding carboxylic acids is 1. The largest absolute Gasteiger partial charge is 0.444 e. The maximum absolute atomic E-state index is 15.0. The molecule has 1 heterocycles. The molecule has 1 amide bonds. The Labute approximate surface area is 118 Å². The summed E-state index contributed by atoms with van der Waals surface area (Å²) in [5, 5.41) is 0. The van der Waals surface area contributed by atoms with Crippen LogP contribution < -0.4 is 5.73 Å². The topological polar surface area (TPSA) is 55.6 Å². The molecule has 0 saturated carbocycles. The van der Waals surface area contributed by atoms with Crippen LogP contribution >= 0.6 is 0 Å². The number of anilines is 1. The van der Waals surface area contributed by atoms with Gasteiger partial charge in [0.25, 0.3) is 0 Å². The number of nitrogens with zero attached hydrogens (tertiary/aromatic N) is 1. The number of carbonyl (C=O) groups is 1. The highest BCUT2D eigenvalue weighted by atomic mass is 19.1. The van der Waals surface area contributed by atoms with Crippen molar-refractivity contribution >= 4 is 11.8 Å². The van der Waals surface area contributed by atoms with E-state index in [1.807, 2.05) is 0 Å². The van der Waals surface area contributed by atoms with Crippen molar-refractivity contribution in [2.24, 2.45) is 0 Å². The number of halogens is 1. The number of nitrogens with two attached hydrogens (primary N) is 1. The average molecular weight is 280 g/mol. The molecule has 2 N–H and O–H groups in total. The summed E-state index contributed by atoms with van der Waals surface area (Å²) >= 11 is 0. The zero-order valence-electron chi connectivity index (χ0n) is 12.1. The van der Waals surface area contributed by atoms with Gasteiger partial charge in [0.1, 0.15) is 5.60 Å². The molecule has 1 aliphatic rings. The highest BCUT2D eigenvalue weighted by Crippen LogP contribution is 2.37. The summed E-state index contributed by atoms with van der Waals surface area (Å²) < 4.78 is 20.2. The first-order valence-electron chi connectivity index (χ1n) is 6.72. The predicted octanol–water partition coefficient (Wildman–Crippen LogP) is 3.07. The molecule has 0 aliphatic carbocycles. The minimum atomic E-state index is -1.55. The van der Waals surface area contributed by atoms with Gasteiger partial charge in [0.2, 0.25) is 0 Å². The Morgan fingerprint density at radius 2 is 2.15 bits per heavy atom. The van der Waals surface area contributed by atoms with Gasteiger partial charge in [0, 0.05) is 18.7 Å². The Balaban J connectivity index is 2.10. The van der Waals surface area contributed by atoms with E-state index in [1.54, 1.807) is 45.0 Å². The molecule has 2 rings (SSSR count). The summed E-state index contributed by atoms with van der Waals surface area (Å²) in [6, 6.07) is 6.77. The molecule has 1 aliphatic heterocycles.